The smallest absolute Gasteiger partial charge is 0.0690 e. The summed E-state index contributed by atoms with van der Waals surface area (Å²) in [4.78, 5) is 0. The van der Waals surface area contributed by atoms with Crippen molar-refractivity contribution in [2.75, 3.05) is 6.54 Å². The molecule has 0 aromatic carbocycles. The summed E-state index contributed by atoms with van der Waals surface area (Å²) in [5.41, 5.74) is 0.346. The molecule has 2 nitrogen and oxygen atoms in total. The molecule has 2 N–H and O–H groups in total. The normalized spacial score (nSPS) is 34.2. The third-order valence-electron chi connectivity index (χ3n) is 3.37. The molecule has 0 aromatic heterocycles. The van der Waals surface area contributed by atoms with Crippen molar-refractivity contribution in [1.29, 1.82) is 0 Å². The first-order valence-corrected chi connectivity index (χ1v) is 5.37. The molecule has 0 bridgehead atoms. The third kappa shape index (κ3) is 1.50. The molecule has 0 unspecified atom stereocenters. The average Bonchev–Trinajstić information content (AvgIpc) is 2.50. The number of hydrogen-bond donors (Lipinski definition) is 2. The van der Waals surface area contributed by atoms with E-state index in [1.54, 1.807) is 0 Å². The second-order valence-electron chi connectivity index (χ2n) is 4.27. The highest BCUT2D eigenvalue weighted by atomic mass is 15.3. The topological polar surface area (TPSA) is 24.1 Å². The van der Waals surface area contributed by atoms with Crippen LogP contribution in [-0.4, -0.2) is 18.2 Å². The van der Waals surface area contributed by atoms with Gasteiger partial charge in [-0.2, -0.15) is 0 Å². The van der Waals surface area contributed by atoms with Gasteiger partial charge in [0, 0.05) is 12.6 Å². The van der Waals surface area contributed by atoms with E-state index in [-0.39, 0.29) is 0 Å². The van der Waals surface area contributed by atoms with Gasteiger partial charge in [0.1, 0.15) is 0 Å². The van der Waals surface area contributed by atoms with Gasteiger partial charge in [-0.25, -0.2) is 0 Å². The van der Waals surface area contributed by atoms with Gasteiger partial charge in [0.15, 0.2) is 0 Å². The third-order valence-corrected chi connectivity index (χ3v) is 3.37. The van der Waals surface area contributed by atoms with Crippen LogP contribution in [0.25, 0.3) is 0 Å². The molecule has 0 radical (unpaired) electrons. The second kappa shape index (κ2) is 3.35. The van der Waals surface area contributed by atoms with Gasteiger partial charge in [-0.15, -0.1) is 0 Å². The lowest BCUT2D eigenvalue weighted by Gasteiger charge is -2.34. The molecule has 12 heavy (non-hydrogen) atoms. The molecule has 2 aliphatic rings. The minimum absolute atomic E-state index is 0.346. The van der Waals surface area contributed by atoms with Gasteiger partial charge < -0.3 is 0 Å². The number of nitrogens with one attached hydrogen (secondary N) is 2. The Morgan fingerprint density at radius 2 is 2.00 bits per heavy atom. The van der Waals surface area contributed by atoms with Crippen LogP contribution in [0, 0.1) is 0 Å². The Morgan fingerprint density at radius 3 is 2.58 bits per heavy atom. The first-order chi connectivity index (χ1) is 5.85. The summed E-state index contributed by atoms with van der Waals surface area (Å²) in [5.74, 6) is 0. The van der Waals surface area contributed by atoms with Gasteiger partial charge in [-0.05, 0) is 19.3 Å². The fourth-order valence-electron chi connectivity index (χ4n) is 2.53. The summed E-state index contributed by atoms with van der Waals surface area (Å²) in [5, 5.41) is 7.41. The zero-order valence-corrected chi connectivity index (χ0v) is 8.03. The maximum absolute atomic E-state index is 3.74. The van der Waals surface area contributed by atoms with E-state index in [4.69, 9.17) is 0 Å². The Kier molecular flexibility index (Phi) is 2.37. The summed E-state index contributed by atoms with van der Waals surface area (Å²) >= 11 is 0. The van der Waals surface area contributed by atoms with Crippen LogP contribution in [0.15, 0.2) is 0 Å². The Balaban J connectivity index is 1.94. The van der Waals surface area contributed by atoms with Crippen LogP contribution in [0.3, 0.4) is 0 Å². The van der Waals surface area contributed by atoms with Crippen LogP contribution in [0.4, 0.5) is 0 Å². The summed E-state index contributed by atoms with van der Waals surface area (Å²) < 4.78 is 0. The zero-order chi connectivity index (χ0) is 8.44. The summed E-state index contributed by atoms with van der Waals surface area (Å²) in [7, 11) is 0. The van der Waals surface area contributed by atoms with Crippen molar-refractivity contribution in [2.24, 2.45) is 0 Å². The van der Waals surface area contributed by atoms with E-state index in [2.05, 4.69) is 17.6 Å². The fraction of sp³-hybridized carbons (Fsp3) is 1.00. The lowest BCUT2D eigenvalue weighted by molar-refractivity contribution is 0.226. The Hall–Kier alpha value is -0.0800. The highest BCUT2D eigenvalue weighted by molar-refractivity contribution is 4.97. The largest absolute Gasteiger partial charge is 0.298 e. The quantitative estimate of drug-likeness (QED) is 0.621. The lowest BCUT2D eigenvalue weighted by Crippen LogP contribution is -2.51. The predicted molar refractivity (Wildman–Crippen MR) is 51.0 cm³/mol. The molecule has 70 valence electrons. The van der Waals surface area contributed by atoms with Gasteiger partial charge in [-0.3, -0.25) is 10.6 Å². The molecule has 0 amide bonds. The SMILES string of the molecule is CC[C@@H]1CNC2(CCCCC2)N1. The Labute approximate surface area is 75.1 Å². The van der Waals surface area contributed by atoms with Crippen LogP contribution in [0.2, 0.25) is 0 Å². The highest BCUT2D eigenvalue weighted by Crippen LogP contribution is 2.29. The molecule has 1 saturated heterocycles. The van der Waals surface area contributed by atoms with E-state index in [1.807, 2.05) is 0 Å². The number of rotatable bonds is 1. The second-order valence-corrected chi connectivity index (χ2v) is 4.27. The van der Waals surface area contributed by atoms with E-state index in [1.165, 1.54) is 45.1 Å². The monoisotopic (exact) mass is 168 g/mol. The molecule has 2 rings (SSSR count). The van der Waals surface area contributed by atoms with Crippen molar-refractivity contribution in [2.45, 2.75) is 57.2 Å². The van der Waals surface area contributed by atoms with E-state index >= 15 is 0 Å². The molecule has 1 aliphatic carbocycles. The van der Waals surface area contributed by atoms with Crippen LogP contribution >= 0.6 is 0 Å². The average molecular weight is 168 g/mol. The molecule has 2 heteroatoms. The van der Waals surface area contributed by atoms with Crippen molar-refractivity contribution < 1.29 is 0 Å². The van der Waals surface area contributed by atoms with Gasteiger partial charge >= 0.3 is 0 Å². The van der Waals surface area contributed by atoms with Crippen molar-refractivity contribution in [3.05, 3.63) is 0 Å². The van der Waals surface area contributed by atoms with Gasteiger partial charge in [0.25, 0.3) is 0 Å². The van der Waals surface area contributed by atoms with Crippen LogP contribution in [0.1, 0.15) is 45.4 Å². The Morgan fingerprint density at radius 1 is 1.25 bits per heavy atom. The van der Waals surface area contributed by atoms with Crippen LogP contribution in [-0.2, 0) is 0 Å². The highest BCUT2D eigenvalue weighted by Gasteiger charge is 2.37. The minimum Gasteiger partial charge on any atom is -0.298 e. The molecule has 0 aromatic rings. The molecule has 2 fully saturated rings. The molecular formula is C10H20N2. The molecular weight excluding hydrogens is 148 g/mol. The van der Waals surface area contributed by atoms with Crippen LogP contribution in [0.5, 0.6) is 0 Å². The van der Waals surface area contributed by atoms with Crippen molar-refractivity contribution in [3.63, 3.8) is 0 Å². The van der Waals surface area contributed by atoms with E-state index in [0.717, 1.165) is 6.04 Å². The van der Waals surface area contributed by atoms with E-state index in [0.29, 0.717) is 5.66 Å². The lowest BCUT2D eigenvalue weighted by atomic mass is 9.90. The molecule has 1 saturated carbocycles. The van der Waals surface area contributed by atoms with Crippen molar-refractivity contribution in [3.8, 4) is 0 Å². The summed E-state index contributed by atoms with van der Waals surface area (Å²) in [6.45, 7) is 3.44. The fourth-order valence-corrected chi connectivity index (χ4v) is 2.53. The van der Waals surface area contributed by atoms with E-state index in [9.17, 15) is 0 Å². The van der Waals surface area contributed by atoms with Crippen molar-refractivity contribution in [1.82, 2.24) is 10.6 Å². The minimum atomic E-state index is 0.346. The van der Waals surface area contributed by atoms with E-state index < -0.39 is 0 Å². The predicted octanol–water partition coefficient (Wildman–Crippen LogP) is 1.62. The molecule has 1 spiro atoms. The van der Waals surface area contributed by atoms with Gasteiger partial charge in [0.2, 0.25) is 0 Å². The summed E-state index contributed by atoms with van der Waals surface area (Å²) in [6.07, 6.45) is 8.16. The number of hydrogen-bond acceptors (Lipinski definition) is 2. The van der Waals surface area contributed by atoms with Crippen molar-refractivity contribution >= 4 is 0 Å². The Bertz CT molecular complexity index is 150. The molecule has 1 aliphatic heterocycles. The molecule has 1 atom stereocenters. The van der Waals surface area contributed by atoms with Gasteiger partial charge in [0.05, 0.1) is 5.66 Å². The maximum atomic E-state index is 3.74. The summed E-state index contributed by atoms with van der Waals surface area (Å²) in [6, 6.07) is 0.725. The zero-order valence-electron chi connectivity index (χ0n) is 8.03. The first-order valence-electron chi connectivity index (χ1n) is 5.37. The molecule has 1 heterocycles. The standard InChI is InChI=1S/C10H20N2/c1-2-9-8-11-10(12-9)6-4-3-5-7-10/h9,11-12H,2-8H2,1H3/t9-/m1/s1. The van der Waals surface area contributed by atoms with Gasteiger partial charge in [-0.1, -0.05) is 26.2 Å². The van der Waals surface area contributed by atoms with Crippen LogP contribution < -0.4 is 10.6 Å². The maximum Gasteiger partial charge on any atom is 0.0690 e. The first kappa shape index (κ1) is 8.52.